The first-order valence-corrected chi connectivity index (χ1v) is 7.53. The summed E-state index contributed by atoms with van der Waals surface area (Å²) in [7, 11) is 0. The number of benzene rings is 2. The first-order valence-electron chi connectivity index (χ1n) is 6.74. The van der Waals surface area contributed by atoms with Gasteiger partial charge in [-0.1, -0.05) is 46.3 Å². The minimum atomic E-state index is 0.509. The van der Waals surface area contributed by atoms with Crippen molar-refractivity contribution in [2.45, 2.75) is 13.8 Å². The van der Waals surface area contributed by atoms with Gasteiger partial charge in [-0.05, 0) is 37.1 Å². The van der Waals surface area contributed by atoms with Crippen molar-refractivity contribution in [2.24, 2.45) is 0 Å². The number of nitrogens with zero attached hydrogens (tertiary/aromatic N) is 1. The topological polar surface area (TPSA) is 54.7 Å². The first kappa shape index (κ1) is 13.9. The van der Waals surface area contributed by atoms with Crippen molar-refractivity contribution in [3.63, 3.8) is 0 Å². The summed E-state index contributed by atoms with van der Waals surface area (Å²) in [5, 5.41) is 7.26. The van der Waals surface area contributed by atoms with E-state index in [2.05, 4.69) is 58.2 Å². The molecule has 3 rings (SSSR count). The number of H-pyrrole nitrogens is 1. The Morgan fingerprint density at radius 2 is 1.81 bits per heavy atom. The van der Waals surface area contributed by atoms with Crippen molar-refractivity contribution < 1.29 is 0 Å². The molecule has 3 aromatic rings. The van der Waals surface area contributed by atoms with Crippen LogP contribution < -0.4 is 5.73 Å². The molecule has 0 unspecified atom stereocenters. The van der Waals surface area contributed by atoms with Gasteiger partial charge in [0.15, 0.2) is 5.82 Å². The van der Waals surface area contributed by atoms with Crippen LogP contribution in [0.2, 0.25) is 0 Å². The van der Waals surface area contributed by atoms with Crippen LogP contribution in [0.25, 0.3) is 22.4 Å². The third kappa shape index (κ3) is 2.47. The Hall–Kier alpha value is -2.07. The van der Waals surface area contributed by atoms with E-state index in [1.807, 2.05) is 24.3 Å². The van der Waals surface area contributed by atoms with Crippen LogP contribution in [0.4, 0.5) is 5.82 Å². The molecule has 1 heterocycles. The first-order chi connectivity index (χ1) is 10.1. The Bertz CT molecular complexity index is 806. The summed E-state index contributed by atoms with van der Waals surface area (Å²) in [5.41, 5.74) is 12.6. The van der Waals surface area contributed by atoms with Gasteiger partial charge < -0.3 is 5.73 Å². The summed E-state index contributed by atoms with van der Waals surface area (Å²) in [5.74, 6) is 0.509. The highest BCUT2D eigenvalue weighted by molar-refractivity contribution is 9.10. The second kappa shape index (κ2) is 5.37. The van der Waals surface area contributed by atoms with Crippen LogP contribution in [-0.2, 0) is 0 Å². The summed E-state index contributed by atoms with van der Waals surface area (Å²) in [4.78, 5) is 0. The highest BCUT2D eigenvalue weighted by Crippen LogP contribution is 2.38. The van der Waals surface area contributed by atoms with E-state index in [4.69, 9.17) is 5.73 Å². The quantitative estimate of drug-likeness (QED) is 0.709. The maximum absolute atomic E-state index is 6.08. The molecule has 1 aromatic heterocycles. The Balaban J connectivity index is 2.22. The lowest BCUT2D eigenvalue weighted by Crippen LogP contribution is -1.90. The van der Waals surface area contributed by atoms with E-state index in [-0.39, 0.29) is 0 Å². The summed E-state index contributed by atoms with van der Waals surface area (Å²) in [6.45, 7) is 4.21. The number of hydrogen-bond donors (Lipinski definition) is 2. The van der Waals surface area contributed by atoms with Gasteiger partial charge >= 0.3 is 0 Å². The highest BCUT2D eigenvalue weighted by atomic mass is 79.9. The van der Waals surface area contributed by atoms with Crippen LogP contribution >= 0.6 is 15.9 Å². The third-order valence-corrected chi connectivity index (χ3v) is 4.42. The van der Waals surface area contributed by atoms with Gasteiger partial charge in [-0.2, -0.15) is 5.10 Å². The number of anilines is 1. The van der Waals surface area contributed by atoms with Gasteiger partial charge in [-0.25, -0.2) is 0 Å². The maximum Gasteiger partial charge on any atom is 0.153 e. The fourth-order valence-electron chi connectivity index (χ4n) is 2.40. The standard InChI is InChI=1S/C17H16BrN3/c1-10-7-8-12(9-11(10)2)16-15(17(19)21-20-16)13-5-3-4-6-14(13)18/h3-9H,1-2H3,(H3,19,20,21). The Morgan fingerprint density at radius 3 is 2.52 bits per heavy atom. The Kier molecular flexibility index (Phi) is 3.55. The Labute approximate surface area is 132 Å². The normalized spacial score (nSPS) is 10.8. The molecule has 2 aromatic carbocycles. The molecule has 0 atom stereocenters. The predicted octanol–water partition coefficient (Wildman–Crippen LogP) is 4.71. The molecular formula is C17H16BrN3. The zero-order chi connectivity index (χ0) is 15.0. The predicted molar refractivity (Wildman–Crippen MR) is 91.0 cm³/mol. The zero-order valence-corrected chi connectivity index (χ0v) is 13.5. The van der Waals surface area contributed by atoms with Gasteiger partial charge in [-0.15, -0.1) is 0 Å². The molecule has 106 valence electrons. The number of aromatic amines is 1. The molecule has 0 aliphatic heterocycles. The smallest absolute Gasteiger partial charge is 0.153 e. The molecule has 0 aliphatic carbocycles. The van der Waals surface area contributed by atoms with Gasteiger partial charge in [0.1, 0.15) is 0 Å². The van der Waals surface area contributed by atoms with Gasteiger partial charge in [0.25, 0.3) is 0 Å². The fraction of sp³-hybridized carbons (Fsp3) is 0.118. The minimum Gasteiger partial charge on any atom is -0.382 e. The molecule has 0 aliphatic rings. The average Bonchev–Trinajstić information content (AvgIpc) is 2.84. The number of nitrogen functional groups attached to an aromatic ring is 1. The van der Waals surface area contributed by atoms with Crippen molar-refractivity contribution >= 4 is 21.7 Å². The second-order valence-electron chi connectivity index (χ2n) is 5.14. The number of hydrogen-bond acceptors (Lipinski definition) is 2. The van der Waals surface area contributed by atoms with Crippen LogP contribution in [0, 0.1) is 13.8 Å². The van der Waals surface area contributed by atoms with E-state index >= 15 is 0 Å². The maximum atomic E-state index is 6.08. The van der Waals surface area contributed by atoms with Crippen molar-refractivity contribution in [3.05, 3.63) is 58.1 Å². The lowest BCUT2D eigenvalue weighted by Gasteiger charge is -2.08. The number of nitrogens with one attached hydrogen (secondary N) is 1. The number of aryl methyl sites for hydroxylation is 2. The number of halogens is 1. The van der Waals surface area contributed by atoms with E-state index in [9.17, 15) is 0 Å². The molecular weight excluding hydrogens is 326 g/mol. The summed E-state index contributed by atoms with van der Waals surface area (Å²) in [6, 6.07) is 14.4. The third-order valence-electron chi connectivity index (χ3n) is 3.73. The van der Waals surface area contributed by atoms with Gasteiger partial charge in [0, 0.05) is 15.6 Å². The van der Waals surface area contributed by atoms with Crippen LogP contribution in [0.5, 0.6) is 0 Å². The summed E-state index contributed by atoms with van der Waals surface area (Å²) >= 11 is 3.59. The number of nitrogens with two attached hydrogens (primary N) is 1. The van der Waals surface area contributed by atoms with E-state index < -0.39 is 0 Å². The molecule has 0 saturated carbocycles. The lowest BCUT2D eigenvalue weighted by molar-refractivity contribution is 1.10. The van der Waals surface area contributed by atoms with Crippen molar-refractivity contribution in [3.8, 4) is 22.4 Å². The molecule has 0 fully saturated rings. The lowest BCUT2D eigenvalue weighted by atomic mass is 9.98. The molecule has 4 heteroatoms. The molecule has 0 radical (unpaired) electrons. The van der Waals surface area contributed by atoms with Crippen molar-refractivity contribution in [2.75, 3.05) is 5.73 Å². The second-order valence-corrected chi connectivity index (χ2v) is 5.99. The van der Waals surface area contributed by atoms with Crippen molar-refractivity contribution in [1.29, 1.82) is 0 Å². The average molecular weight is 342 g/mol. The molecule has 3 nitrogen and oxygen atoms in total. The van der Waals surface area contributed by atoms with E-state index in [1.165, 1.54) is 11.1 Å². The van der Waals surface area contributed by atoms with E-state index in [0.29, 0.717) is 5.82 Å². The summed E-state index contributed by atoms with van der Waals surface area (Å²) in [6.07, 6.45) is 0. The van der Waals surface area contributed by atoms with Gasteiger partial charge in [-0.3, -0.25) is 5.10 Å². The van der Waals surface area contributed by atoms with E-state index in [1.54, 1.807) is 0 Å². The van der Waals surface area contributed by atoms with Crippen molar-refractivity contribution in [1.82, 2.24) is 10.2 Å². The zero-order valence-electron chi connectivity index (χ0n) is 11.9. The van der Waals surface area contributed by atoms with Crippen LogP contribution in [0.1, 0.15) is 11.1 Å². The largest absolute Gasteiger partial charge is 0.382 e. The fourth-order valence-corrected chi connectivity index (χ4v) is 2.88. The Morgan fingerprint density at radius 1 is 1.05 bits per heavy atom. The molecule has 0 bridgehead atoms. The van der Waals surface area contributed by atoms with Crippen LogP contribution in [0.3, 0.4) is 0 Å². The molecule has 0 amide bonds. The van der Waals surface area contributed by atoms with E-state index in [0.717, 1.165) is 26.9 Å². The molecule has 0 saturated heterocycles. The molecule has 21 heavy (non-hydrogen) atoms. The number of aromatic nitrogens is 2. The van der Waals surface area contributed by atoms with Crippen LogP contribution in [-0.4, -0.2) is 10.2 Å². The van der Waals surface area contributed by atoms with Gasteiger partial charge in [0.2, 0.25) is 0 Å². The highest BCUT2D eigenvalue weighted by Gasteiger charge is 2.16. The molecule has 0 spiro atoms. The SMILES string of the molecule is Cc1ccc(-c2[nH]nc(N)c2-c2ccccc2Br)cc1C. The summed E-state index contributed by atoms with van der Waals surface area (Å²) < 4.78 is 1.00. The van der Waals surface area contributed by atoms with Crippen LogP contribution in [0.15, 0.2) is 46.9 Å². The molecule has 3 N–H and O–H groups in total. The monoisotopic (exact) mass is 341 g/mol. The van der Waals surface area contributed by atoms with Gasteiger partial charge in [0.05, 0.1) is 11.3 Å². The number of rotatable bonds is 2. The minimum absolute atomic E-state index is 0.509.